The molecule has 7 nitrogen and oxygen atoms in total. The van der Waals surface area contributed by atoms with Gasteiger partial charge in [0, 0.05) is 35.8 Å². The molecule has 0 fully saturated rings. The third-order valence-corrected chi connectivity index (χ3v) is 5.87. The maximum atomic E-state index is 14.1. The molecule has 4 aromatic rings. The number of aromatic amines is 1. The van der Waals surface area contributed by atoms with Crippen molar-refractivity contribution < 1.29 is 4.39 Å². The fraction of sp³-hybridized carbons (Fsp3) is 0.167. The van der Waals surface area contributed by atoms with Crippen LogP contribution in [0.4, 0.5) is 21.8 Å². The molecule has 158 valence electrons. The molecule has 0 amide bonds. The number of nitrogens with zero attached hydrogens (tertiary/aromatic N) is 5. The first-order chi connectivity index (χ1) is 15.7. The van der Waals surface area contributed by atoms with Gasteiger partial charge in [0.25, 0.3) is 0 Å². The molecular formula is C24H20FN7. The van der Waals surface area contributed by atoms with E-state index in [1.807, 2.05) is 12.3 Å². The maximum absolute atomic E-state index is 14.1. The summed E-state index contributed by atoms with van der Waals surface area (Å²) in [6.45, 7) is 3.67. The Morgan fingerprint density at radius 2 is 2.03 bits per heavy atom. The number of hydrogen-bond acceptors (Lipinski definition) is 6. The van der Waals surface area contributed by atoms with Crippen molar-refractivity contribution in [1.82, 2.24) is 20.2 Å². The van der Waals surface area contributed by atoms with Gasteiger partial charge in [-0.2, -0.15) is 10.1 Å². The van der Waals surface area contributed by atoms with Crippen LogP contribution in [0.25, 0.3) is 22.6 Å². The molecule has 0 bridgehead atoms. The van der Waals surface area contributed by atoms with Crippen LogP contribution in [-0.4, -0.2) is 39.1 Å². The minimum atomic E-state index is -0.347. The second-order valence-corrected chi connectivity index (χ2v) is 7.93. The highest BCUT2D eigenvalue weighted by molar-refractivity contribution is 6.37. The summed E-state index contributed by atoms with van der Waals surface area (Å²) < 4.78 is 14.1. The first-order valence-corrected chi connectivity index (χ1v) is 10.5. The van der Waals surface area contributed by atoms with Crippen molar-refractivity contribution in [1.29, 1.82) is 0 Å². The van der Waals surface area contributed by atoms with Crippen molar-refractivity contribution in [3.05, 3.63) is 71.3 Å². The minimum absolute atomic E-state index is 0.342. The average molecular weight is 425 g/mol. The molecule has 0 saturated carbocycles. The topological polar surface area (TPSA) is 82.1 Å². The van der Waals surface area contributed by atoms with Crippen molar-refractivity contribution in [3.8, 4) is 0 Å². The van der Waals surface area contributed by atoms with E-state index >= 15 is 0 Å². The lowest BCUT2D eigenvalue weighted by atomic mass is 9.91. The van der Waals surface area contributed by atoms with Gasteiger partial charge in [-0.05, 0) is 48.7 Å². The molecule has 4 heterocycles. The number of aliphatic imine (C=N–C) groups is 1. The van der Waals surface area contributed by atoms with Gasteiger partial charge in [-0.1, -0.05) is 18.2 Å². The number of rotatable bonds is 3. The van der Waals surface area contributed by atoms with Crippen LogP contribution >= 0.6 is 0 Å². The van der Waals surface area contributed by atoms with E-state index in [-0.39, 0.29) is 5.82 Å². The van der Waals surface area contributed by atoms with Crippen molar-refractivity contribution in [3.63, 3.8) is 0 Å². The van der Waals surface area contributed by atoms with Gasteiger partial charge in [-0.25, -0.2) is 9.37 Å². The van der Waals surface area contributed by atoms with Crippen LogP contribution in [0, 0.1) is 12.7 Å². The van der Waals surface area contributed by atoms with Crippen LogP contribution in [0.1, 0.15) is 23.1 Å². The Hall–Kier alpha value is -4.07. The first kappa shape index (κ1) is 18.7. The zero-order chi connectivity index (χ0) is 21.7. The van der Waals surface area contributed by atoms with Crippen molar-refractivity contribution >= 4 is 45.8 Å². The van der Waals surface area contributed by atoms with Crippen LogP contribution in [0.5, 0.6) is 0 Å². The lowest BCUT2D eigenvalue weighted by Crippen LogP contribution is -2.39. The van der Waals surface area contributed by atoms with Crippen LogP contribution < -0.4 is 10.2 Å². The van der Waals surface area contributed by atoms with Gasteiger partial charge >= 0.3 is 0 Å². The van der Waals surface area contributed by atoms with Crippen molar-refractivity contribution in [2.24, 2.45) is 4.99 Å². The number of amidine groups is 1. The predicted octanol–water partition coefficient (Wildman–Crippen LogP) is 4.71. The summed E-state index contributed by atoms with van der Waals surface area (Å²) >= 11 is 0. The highest BCUT2D eigenvalue weighted by Gasteiger charge is 2.30. The Morgan fingerprint density at radius 1 is 1.12 bits per heavy atom. The predicted molar refractivity (Wildman–Crippen MR) is 125 cm³/mol. The second kappa shape index (κ2) is 7.26. The Balaban J connectivity index is 1.49. The normalized spacial score (nSPS) is 15.1. The van der Waals surface area contributed by atoms with Crippen LogP contribution in [0.3, 0.4) is 0 Å². The lowest BCUT2D eigenvalue weighted by molar-refractivity contribution is 0.631. The van der Waals surface area contributed by atoms with Crippen LogP contribution in [0.15, 0.2) is 53.8 Å². The molecular weight excluding hydrogens is 405 g/mol. The number of fused-ring (bicyclic) bond motifs is 4. The number of hydrogen-bond donors (Lipinski definition) is 2. The van der Waals surface area contributed by atoms with Crippen LogP contribution in [0.2, 0.25) is 0 Å². The number of anilines is 3. The fourth-order valence-corrected chi connectivity index (χ4v) is 4.37. The third-order valence-electron chi connectivity index (χ3n) is 5.87. The molecule has 2 aromatic heterocycles. The van der Waals surface area contributed by atoms with Gasteiger partial charge in [0.05, 0.1) is 17.4 Å². The van der Waals surface area contributed by atoms with Gasteiger partial charge in [0.15, 0.2) is 0 Å². The molecule has 0 radical (unpaired) electrons. The molecule has 0 spiro atoms. The maximum Gasteiger partial charge on any atom is 0.229 e. The number of halogens is 1. The molecule has 6 rings (SSSR count). The van der Waals surface area contributed by atoms with E-state index in [4.69, 9.17) is 9.98 Å². The highest BCUT2D eigenvalue weighted by atomic mass is 19.1. The van der Waals surface area contributed by atoms with E-state index in [1.165, 1.54) is 6.07 Å². The number of aryl methyl sites for hydroxylation is 1. The van der Waals surface area contributed by atoms with Crippen molar-refractivity contribution in [2.45, 2.75) is 13.3 Å². The Kier molecular flexibility index (Phi) is 4.24. The first-order valence-electron chi connectivity index (χ1n) is 10.5. The van der Waals surface area contributed by atoms with Crippen molar-refractivity contribution in [2.75, 3.05) is 23.3 Å². The van der Waals surface area contributed by atoms with Gasteiger partial charge in [-0.3, -0.25) is 10.1 Å². The SMILES string of the molecule is Cc1ccc2[nH]ncc2c1C1=Cc2cnc(Nc3ccccc3F)nc2N2CCCN=C12. The molecule has 0 unspecified atom stereocenters. The smallest absolute Gasteiger partial charge is 0.229 e. The Bertz CT molecular complexity index is 1420. The molecule has 0 atom stereocenters. The Morgan fingerprint density at radius 3 is 2.94 bits per heavy atom. The van der Waals surface area contributed by atoms with Crippen LogP contribution in [-0.2, 0) is 0 Å². The van der Waals surface area contributed by atoms with E-state index in [9.17, 15) is 4.39 Å². The molecule has 2 aliphatic rings. The largest absolute Gasteiger partial charge is 0.322 e. The second-order valence-electron chi connectivity index (χ2n) is 7.93. The summed E-state index contributed by atoms with van der Waals surface area (Å²) in [4.78, 5) is 16.2. The van der Waals surface area contributed by atoms with E-state index in [2.05, 4.69) is 44.5 Å². The van der Waals surface area contributed by atoms with E-state index in [0.717, 1.165) is 64.3 Å². The van der Waals surface area contributed by atoms with Gasteiger partial charge < -0.3 is 10.2 Å². The summed E-state index contributed by atoms with van der Waals surface area (Å²) in [5.74, 6) is 1.68. The molecule has 2 aromatic carbocycles. The van der Waals surface area contributed by atoms with Gasteiger partial charge in [0.2, 0.25) is 5.95 Å². The molecule has 0 aliphatic carbocycles. The summed E-state index contributed by atoms with van der Waals surface area (Å²) in [5.41, 5.74) is 5.54. The third kappa shape index (κ3) is 2.95. The molecule has 2 N–H and O–H groups in total. The standard InChI is InChI=1S/C24H20FN7/c1-14-7-8-19-17(13-28-31-19)21(14)16-11-15-12-27-24(29-20-6-3-2-5-18(20)25)30-22(15)32-10-4-9-26-23(16)32/h2-3,5-8,11-13H,4,9-10H2,1H3,(H,28,31)(H,27,29,30). The van der Waals surface area contributed by atoms with E-state index in [0.29, 0.717) is 11.6 Å². The van der Waals surface area contributed by atoms with E-state index < -0.39 is 0 Å². The monoisotopic (exact) mass is 425 g/mol. The molecule has 2 aliphatic heterocycles. The van der Waals surface area contributed by atoms with E-state index in [1.54, 1.807) is 24.4 Å². The van der Waals surface area contributed by atoms with Gasteiger partial charge in [0.1, 0.15) is 17.5 Å². The summed E-state index contributed by atoms with van der Waals surface area (Å²) in [7, 11) is 0. The summed E-state index contributed by atoms with van der Waals surface area (Å²) in [6.07, 6.45) is 6.67. The molecule has 0 saturated heterocycles. The number of aromatic nitrogens is 4. The number of benzene rings is 2. The zero-order valence-corrected chi connectivity index (χ0v) is 17.4. The Labute approximate surface area is 183 Å². The summed E-state index contributed by atoms with van der Waals surface area (Å²) in [6, 6.07) is 10.6. The fourth-order valence-electron chi connectivity index (χ4n) is 4.37. The highest BCUT2D eigenvalue weighted by Crippen LogP contribution is 2.38. The molecule has 8 heteroatoms. The quantitative estimate of drug-likeness (QED) is 0.497. The van der Waals surface area contributed by atoms with Gasteiger partial charge in [-0.15, -0.1) is 0 Å². The number of nitrogens with one attached hydrogen (secondary N) is 2. The zero-order valence-electron chi connectivity index (χ0n) is 17.4. The molecule has 32 heavy (non-hydrogen) atoms. The average Bonchev–Trinajstić information content (AvgIpc) is 3.29. The number of H-pyrrole nitrogens is 1. The minimum Gasteiger partial charge on any atom is -0.322 e. The lowest BCUT2D eigenvalue weighted by Gasteiger charge is -2.34. The summed E-state index contributed by atoms with van der Waals surface area (Å²) in [5, 5.41) is 11.3. The number of para-hydroxylation sites is 1.